The monoisotopic (exact) mass is 222 g/mol. The highest BCUT2D eigenvalue weighted by atomic mass is 16.1. The number of nitrogens with two attached hydrogens (primary N) is 1. The lowest BCUT2D eigenvalue weighted by Crippen LogP contribution is -2.36. The number of amides is 1. The van der Waals surface area contributed by atoms with Gasteiger partial charge in [-0.15, -0.1) is 0 Å². The molecule has 0 saturated carbocycles. The molecule has 2 rings (SSSR count). The zero-order valence-corrected chi connectivity index (χ0v) is 9.95. The van der Waals surface area contributed by atoms with Gasteiger partial charge in [-0.2, -0.15) is 5.10 Å². The number of aromatic nitrogens is 2. The number of primary amides is 1. The molecule has 1 aromatic rings. The highest BCUT2D eigenvalue weighted by Crippen LogP contribution is 2.28. The lowest BCUT2D eigenvalue weighted by molar-refractivity contribution is 0.0989. The molecule has 5 nitrogen and oxygen atoms in total. The topological polar surface area (TPSA) is 72.9 Å². The van der Waals surface area contributed by atoms with Crippen molar-refractivity contribution in [1.82, 2.24) is 15.1 Å². The zero-order valence-electron chi connectivity index (χ0n) is 9.95. The quantitative estimate of drug-likeness (QED) is 0.769. The third kappa shape index (κ3) is 1.51. The van der Waals surface area contributed by atoms with Crippen LogP contribution in [0.2, 0.25) is 0 Å². The minimum atomic E-state index is -0.390. The second-order valence-electron chi connectivity index (χ2n) is 4.35. The molecule has 0 saturated heterocycles. The first-order valence-corrected chi connectivity index (χ1v) is 5.69. The molecular weight excluding hydrogens is 204 g/mol. The SMILES string of the molecule is CCn1nc2c(c1C(N)=O)CNC(C)C2C. The number of carbonyl (C=O) groups excluding carboxylic acids is 1. The average molecular weight is 222 g/mol. The number of fused-ring (bicyclic) bond motifs is 1. The molecule has 5 heteroatoms. The maximum atomic E-state index is 11.4. The van der Waals surface area contributed by atoms with Crippen LogP contribution in [0.5, 0.6) is 0 Å². The number of hydrogen-bond acceptors (Lipinski definition) is 3. The van der Waals surface area contributed by atoms with E-state index in [2.05, 4.69) is 24.3 Å². The predicted molar refractivity (Wildman–Crippen MR) is 61.1 cm³/mol. The van der Waals surface area contributed by atoms with Crippen molar-refractivity contribution in [1.29, 1.82) is 0 Å². The molecule has 0 bridgehead atoms. The van der Waals surface area contributed by atoms with Crippen molar-refractivity contribution in [3.05, 3.63) is 17.0 Å². The van der Waals surface area contributed by atoms with E-state index in [0.717, 1.165) is 11.3 Å². The van der Waals surface area contributed by atoms with E-state index in [4.69, 9.17) is 5.73 Å². The van der Waals surface area contributed by atoms with Crippen molar-refractivity contribution < 1.29 is 4.79 Å². The molecule has 0 aromatic carbocycles. The second-order valence-corrected chi connectivity index (χ2v) is 4.35. The van der Waals surface area contributed by atoms with Crippen LogP contribution in [0, 0.1) is 0 Å². The van der Waals surface area contributed by atoms with Crippen LogP contribution in [0.25, 0.3) is 0 Å². The smallest absolute Gasteiger partial charge is 0.267 e. The lowest BCUT2D eigenvalue weighted by atomic mass is 9.91. The Bertz CT molecular complexity index is 424. The molecule has 16 heavy (non-hydrogen) atoms. The number of nitrogens with one attached hydrogen (secondary N) is 1. The molecule has 1 amide bonds. The molecule has 2 heterocycles. The van der Waals surface area contributed by atoms with Gasteiger partial charge in [-0.25, -0.2) is 0 Å². The van der Waals surface area contributed by atoms with Gasteiger partial charge >= 0.3 is 0 Å². The van der Waals surface area contributed by atoms with Crippen LogP contribution in [0.15, 0.2) is 0 Å². The van der Waals surface area contributed by atoms with E-state index in [-0.39, 0.29) is 5.91 Å². The number of aryl methyl sites for hydroxylation is 1. The normalized spacial score (nSPS) is 24.2. The third-order valence-corrected chi connectivity index (χ3v) is 3.40. The van der Waals surface area contributed by atoms with Gasteiger partial charge in [0.2, 0.25) is 0 Å². The number of hydrogen-bond donors (Lipinski definition) is 2. The van der Waals surface area contributed by atoms with E-state index in [1.807, 2.05) is 6.92 Å². The van der Waals surface area contributed by atoms with E-state index in [1.54, 1.807) is 4.68 Å². The first kappa shape index (κ1) is 11.1. The molecule has 1 aromatic heterocycles. The van der Waals surface area contributed by atoms with E-state index in [1.165, 1.54) is 0 Å². The Morgan fingerprint density at radius 1 is 1.62 bits per heavy atom. The molecule has 1 aliphatic heterocycles. The Kier molecular flexibility index (Phi) is 2.71. The van der Waals surface area contributed by atoms with Crippen molar-refractivity contribution in [2.24, 2.45) is 5.73 Å². The molecule has 88 valence electrons. The zero-order chi connectivity index (χ0) is 11.9. The fourth-order valence-electron chi connectivity index (χ4n) is 2.24. The Labute approximate surface area is 95.0 Å². The molecule has 0 spiro atoms. The van der Waals surface area contributed by atoms with Crippen molar-refractivity contribution in [2.45, 2.75) is 45.8 Å². The summed E-state index contributed by atoms with van der Waals surface area (Å²) >= 11 is 0. The van der Waals surface area contributed by atoms with Crippen LogP contribution in [0.3, 0.4) is 0 Å². The third-order valence-electron chi connectivity index (χ3n) is 3.40. The second kappa shape index (κ2) is 3.90. The molecule has 0 radical (unpaired) electrons. The first-order valence-electron chi connectivity index (χ1n) is 5.69. The fourth-order valence-corrected chi connectivity index (χ4v) is 2.24. The summed E-state index contributed by atoms with van der Waals surface area (Å²) in [5.41, 5.74) is 7.96. The number of nitrogens with zero attached hydrogens (tertiary/aromatic N) is 2. The van der Waals surface area contributed by atoms with Crippen LogP contribution in [-0.2, 0) is 13.1 Å². The summed E-state index contributed by atoms with van der Waals surface area (Å²) < 4.78 is 1.71. The summed E-state index contributed by atoms with van der Waals surface area (Å²) in [5, 5.41) is 7.86. The first-order chi connectivity index (χ1) is 7.56. The molecule has 3 N–H and O–H groups in total. The standard InChI is InChI=1S/C11H18N4O/c1-4-15-10(11(12)16)8-5-13-7(3)6(2)9(8)14-15/h6-7,13H,4-5H2,1-3H3,(H2,12,16). The van der Waals surface area contributed by atoms with Crippen LogP contribution < -0.4 is 11.1 Å². The van der Waals surface area contributed by atoms with Crippen molar-refractivity contribution in [2.75, 3.05) is 0 Å². The van der Waals surface area contributed by atoms with Gasteiger partial charge in [0.05, 0.1) is 5.69 Å². The fraction of sp³-hybridized carbons (Fsp3) is 0.636. The summed E-state index contributed by atoms with van der Waals surface area (Å²) in [7, 11) is 0. The van der Waals surface area contributed by atoms with Gasteiger partial charge < -0.3 is 11.1 Å². The van der Waals surface area contributed by atoms with Gasteiger partial charge in [-0.1, -0.05) is 6.92 Å². The molecular formula is C11H18N4O. The average Bonchev–Trinajstić information content (AvgIpc) is 2.62. The van der Waals surface area contributed by atoms with Crippen LogP contribution in [-0.4, -0.2) is 21.7 Å². The minimum Gasteiger partial charge on any atom is -0.364 e. The molecule has 2 atom stereocenters. The molecule has 1 aliphatic rings. The lowest BCUT2D eigenvalue weighted by Gasteiger charge is -2.26. The number of rotatable bonds is 2. The van der Waals surface area contributed by atoms with E-state index < -0.39 is 0 Å². The Balaban J connectivity index is 2.55. The van der Waals surface area contributed by atoms with Gasteiger partial charge in [0.15, 0.2) is 0 Å². The van der Waals surface area contributed by atoms with Gasteiger partial charge in [0, 0.05) is 30.6 Å². The largest absolute Gasteiger partial charge is 0.364 e. The summed E-state index contributed by atoms with van der Waals surface area (Å²) in [6, 6.07) is 0.383. The Morgan fingerprint density at radius 3 is 2.88 bits per heavy atom. The number of carbonyl (C=O) groups is 1. The van der Waals surface area contributed by atoms with Gasteiger partial charge in [-0.05, 0) is 13.8 Å². The van der Waals surface area contributed by atoms with Crippen LogP contribution in [0.4, 0.5) is 0 Å². The van der Waals surface area contributed by atoms with Gasteiger partial charge in [0.25, 0.3) is 5.91 Å². The van der Waals surface area contributed by atoms with E-state index >= 15 is 0 Å². The maximum absolute atomic E-state index is 11.4. The van der Waals surface area contributed by atoms with Gasteiger partial charge in [-0.3, -0.25) is 9.48 Å². The highest BCUT2D eigenvalue weighted by Gasteiger charge is 2.30. The summed E-state index contributed by atoms with van der Waals surface area (Å²) in [5.74, 6) is -0.0752. The maximum Gasteiger partial charge on any atom is 0.267 e. The molecule has 0 aliphatic carbocycles. The Hall–Kier alpha value is -1.36. The minimum absolute atomic E-state index is 0.314. The van der Waals surface area contributed by atoms with Crippen molar-refractivity contribution in [3.8, 4) is 0 Å². The summed E-state index contributed by atoms with van der Waals surface area (Å²) in [4.78, 5) is 11.4. The molecule has 2 unspecified atom stereocenters. The van der Waals surface area contributed by atoms with Crippen LogP contribution >= 0.6 is 0 Å². The highest BCUT2D eigenvalue weighted by molar-refractivity contribution is 5.93. The van der Waals surface area contributed by atoms with E-state index in [9.17, 15) is 4.79 Å². The molecule has 0 fully saturated rings. The van der Waals surface area contributed by atoms with Crippen molar-refractivity contribution in [3.63, 3.8) is 0 Å². The summed E-state index contributed by atoms with van der Waals surface area (Å²) in [6.07, 6.45) is 0. The Morgan fingerprint density at radius 2 is 2.31 bits per heavy atom. The van der Waals surface area contributed by atoms with Crippen LogP contribution in [0.1, 0.15) is 48.4 Å². The van der Waals surface area contributed by atoms with Crippen molar-refractivity contribution >= 4 is 5.91 Å². The van der Waals surface area contributed by atoms with Gasteiger partial charge in [0.1, 0.15) is 5.69 Å². The van der Waals surface area contributed by atoms with E-state index in [0.29, 0.717) is 30.7 Å². The summed E-state index contributed by atoms with van der Waals surface area (Å²) in [6.45, 7) is 7.56. The predicted octanol–water partition coefficient (Wildman–Crippen LogP) is 0.597.